The number of benzene rings is 1. The average Bonchev–Trinajstić information content (AvgIpc) is 3.33. The molecule has 0 aromatic heterocycles. The van der Waals surface area contributed by atoms with Crippen molar-refractivity contribution in [3.8, 4) is 5.75 Å². The summed E-state index contributed by atoms with van der Waals surface area (Å²) in [6.45, 7) is 6.11. The van der Waals surface area contributed by atoms with Crippen LogP contribution in [-0.2, 0) is 0 Å². The summed E-state index contributed by atoms with van der Waals surface area (Å²) < 4.78 is 32.7. The largest absolute Gasteiger partial charge is 0.493 e. The third-order valence-corrected chi connectivity index (χ3v) is 5.65. The van der Waals surface area contributed by atoms with Gasteiger partial charge in [0.05, 0.1) is 6.61 Å². The molecule has 1 N–H and O–H groups in total. The number of piperidine rings is 1. The van der Waals surface area contributed by atoms with Crippen molar-refractivity contribution in [1.82, 2.24) is 4.90 Å². The normalized spacial score (nSPS) is 24.3. The van der Waals surface area contributed by atoms with Crippen molar-refractivity contribution in [2.24, 2.45) is 17.8 Å². The van der Waals surface area contributed by atoms with Crippen LogP contribution in [0, 0.1) is 29.4 Å². The van der Waals surface area contributed by atoms with E-state index in [4.69, 9.17) is 9.84 Å². The molecule has 1 aliphatic carbocycles. The zero-order chi connectivity index (χ0) is 18.0. The molecule has 2 fully saturated rings. The lowest BCUT2D eigenvalue weighted by atomic mass is 9.90. The number of aromatic carboxylic acids is 1. The van der Waals surface area contributed by atoms with Gasteiger partial charge in [0.2, 0.25) is 0 Å². The van der Waals surface area contributed by atoms with Crippen LogP contribution in [0.15, 0.2) is 12.1 Å². The quantitative estimate of drug-likeness (QED) is 0.810. The second kappa shape index (κ2) is 7.68. The maximum Gasteiger partial charge on any atom is 0.341 e. The van der Waals surface area contributed by atoms with Crippen molar-refractivity contribution in [3.63, 3.8) is 0 Å². The van der Waals surface area contributed by atoms with Gasteiger partial charge in [-0.3, -0.25) is 0 Å². The van der Waals surface area contributed by atoms with Crippen molar-refractivity contribution in [3.05, 3.63) is 29.3 Å². The van der Waals surface area contributed by atoms with E-state index < -0.39 is 23.2 Å². The molecule has 1 aliphatic heterocycles. The second-order valence-electron chi connectivity index (χ2n) is 7.14. The number of hydrogen-bond acceptors (Lipinski definition) is 3. The van der Waals surface area contributed by atoms with E-state index in [2.05, 4.69) is 11.8 Å². The third kappa shape index (κ3) is 4.29. The Kier molecular flexibility index (Phi) is 5.57. The van der Waals surface area contributed by atoms with Gasteiger partial charge in [0.1, 0.15) is 22.9 Å². The third-order valence-electron chi connectivity index (χ3n) is 5.65. The van der Waals surface area contributed by atoms with Crippen LogP contribution < -0.4 is 4.74 Å². The Morgan fingerprint density at radius 1 is 1.28 bits per heavy atom. The van der Waals surface area contributed by atoms with Crippen LogP contribution in [0.4, 0.5) is 8.78 Å². The van der Waals surface area contributed by atoms with Crippen LogP contribution in [0.2, 0.25) is 0 Å². The number of hydrogen-bond donors (Lipinski definition) is 1. The number of carboxylic acid groups (broad SMARTS) is 1. The van der Waals surface area contributed by atoms with Gasteiger partial charge < -0.3 is 14.7 Å². The van der Waals surface area contributed by atoms with Crippen LogP contribution in [-0.4, -0.2) is 42.2 Å². The first-order valence-electron chi connectivity index (χ1n) is 9.07. The molecule has 1 aromatic rings. The Balaban J connectivity index is 1.43. The smallest absolute Gasteiger partial charge is 0.341 e. The highest BCUT2D eigenvalue weighted by Crippen LogP contribution is 2.49. The van der Waals surface area contributed by atoms with Gasteiger partial charge in [-0.05, 0) is 63.1 Å². The number of carbonyl (C=O) groups is 1. The lowest BCUT2D eigenvalue weighted by Gasteiger charge is -2.31. The fourth-order valence-corrected chi connectivity index (χ4v) is 4.04. The lowest BCUT2D eigenvalue weighted by Crippen LogP contribution is -2.34. The minimum Gasteiger partial charge on any atom is -0.493 e. The fourth-order valence-electron chi connectivity index (χ4n) is 4.04. The number of rotatable bonds is 7. The summed E-state index contributed by atoms with van der Waals surface area (Å²) >= 11 is 0. The van der Waals surface area contributed by atoms with Crippen molar-refractivity contribution in [2.45, 2.75) is 32.6 Å². The fraction of sp³-hybridized carbons (Fsp3) is 0.632. The molecular formula is C19H25F2NO3. The van der Waals surface area contributed by atoms with E-state index in [1.54, 1.807) is 0 Å². The van der Waals surface area contributed by atoms with E-state index in [9.17, 15) is 13.6 Å². The van der Waals surface area contributed by atoms with E-state index in [1.807, 2.05) is 0 Å². The van der Waals surface area contributed by atoms with Gasteiger partial charge >= 0.3 is 5.97 Å². The molecule has 6 heteroatoms. The van der Waals surface area contributed by atoms with E-state index in [1.165, 1.54) is 32.4 Å². The summed E-state index contributed by atoms with van der Waals surface area (Å²) in [6, 6.07) is 1.88. The molecule has 1 saturated heterocycles. The highest BCUT2D eigenvalue weighted by atomic mass is 19.1. The van der Waals surface area contributed by atoms with Crippen LogP contribution in [0.25, 0.3) is 0 Å². The summed E-state index contributed by atoms with van der Waals surface area (Å²) in [4.78, 5) is 13.3. The zero-order valence-corrected chi connectivity index (χ0v) is 14.5. The predicted molar refractivity (Wildman–Crippen MR) is 89.9 cm³/mol. The molecule has 4 nitrogen and oxygen atoms in total. The number of halogens is 2. The van der Waals surface area contributed by atoms with E-state index >= 15 is 0 Å². The molecule has 1 heterocycles. The minimum absolute atomic E-state index is 0.0495. The molecule has 0 radical (unpaired) electrons. The van der Waals surface area contributed by atoms with Gasteiger partial charge in [-0.1, -0.05) is 6.92 Å². The summed E-state index contributed by atoms with van der Waals surface area (Å²) in [5.74, 6) is -1.55. The monoisotopic (exact) mass is 353 g/mol. The highest BCUT2D eigenvalue weighted by molar-refractivity contribution is 5.88. The highest BCUT2D eigenvalue weighted by Gasteiger charge is 2.42. The summed E-state index contributed by atoms with van der Waals surface area (Å²) in [5, 5.41) is 8.76. The number of ether oxygens (including phenoxy) is 1. The van der Waals surface area contributed by atoms with E-state index in [0.29, 0.717) is 12.5 Å². The Morgan fingerprint density at radius 3 is 2.48 bits per heavy atom. The predicted octanol–water partition coefficient (Wildman–Crippen LogP) is 3.80. The first-order valence-corrected chi connectivity index (χ1v) is 9.07. The molecule has 1 saturated carbocycles. The summed E-state index contributed by atoms with van der Waals surface area (Å²) in [6.07, 6.45) is 4.63. The number of carboxylic acids is 1. The number of likely N-dealkylation sites (tertiary alicyclic amines) is 1. The molecule has 1 aromatic carbocycles. The average molecular weight is 353 g/mol. The van der Waals surface area contributed by atoms with Crippen LogP contribution >= 0.6 is 0 Å². The summed E-state index contributed by atoms with van der Waals surface area (Å²) in [7, 11) is 0. The molecule has 0 spiro atoms. The van der Waals surface area contributed by atoms with Crippen LogP contribution in [0.1, 0.15) is 43.0 Å². The molecule has 2 aliphatic rings. The summed E-state index contributed by atoms with van der Waals surface area (Å²) in [5.41, 5.74) is -0.937. The Bertz CT molecular complexity index is 606. The van der Waals surface area contributed by atoms with Gasteiger partial charge in [-0.2, -0.15) is 0 Å². The molecule has 0 unspecified atom stereocenters. The molecule has 138 valence electrons. The first-order chi connectivity index (χ1) is 12.0. The molecule has 2 atom stereocenters. The topological polar surface area (TPSA) is 49.8 Å². The van der Waals surface area contributed by atoms with E-state index in [-0.39, 0.29) is 5.75 Å². The Labute approximate surface area is 146 Å². The maximum atomic E-state index is 13.6. The van der Waals surface area contributed by atoms with E-state index in [0.717, 1.165) is 36.9 Å². The van der Waals surface area contributed by atoms with Gasteiger partial charge in [0.25, 0.3) is 0 Å². The standard InChI is InChI=1S/C19H25F2NO3/c1-2-22-6-3-12(4-7-22)15-9-13(15)5-8-25-14-10-16(20)18(19(23)24)17(21)11-14/h10-13,15H,2-9H2,1H3,(H,23,24)/t13-,15-/m1/s1. The zero-order valence-electron chi connectivity index (χ0n) is 14.5. The molecule has 0 bridgehead atoms. The van der Waals surface area contributed by atoms with Crippen molar-refractivity contribution in [1.29, 1.82) is 0 Å². The molecular weight excluding hydrogens is 328 g/mol. The Hall–Kier alpha value is -1.69. The van der Waals surface area contributed by atoms with Crippen molar-refractivity contribution in [2.75, 3.05) is 26.2 Å². The first kappa shape index (κ1) is 18.1. The Morgan fingerprint density at radius 2 is 1.92 bits per heavy atom. The minimum atomic E-state index is -1.61. The van der Waals surface area contributed by atoms with Crippen LogP contribution in [0.3, 0.4) is 0 Å². The van der Waals surface area contributed by atoms with Crippen LogP contribution in [0.5, 0.6) is 5.75 Å². The molecule has 0 amide bonds. The van der Waals surface area contributed by atoms with Gasteiger partial charge in [0.15, 0.2) is 0 Å². The van der Waals surface area contributed by atoms with Gasteiger partial charge in [-0.25, -0.2) is 13.6 Å². The van der Waals surface area contributed by atoms with Gasteiger partial charge in [-0.15, -0.1) is 0 Å². The molecule has 3 rings (SSSR count). The molecule has 25 heavy (non-hydrogen) atoms. The maximum absolute atomic E-state index is 13.6. The van der Waals surface area contributed by atoms with Gasteiger partial charge in [0, 0.05) is 12.1 Å². The number of nitrogens with zero attached hydrogens (tertiary/aromatic N) is 1. The van der Waals surface area contributed by atoms with Crippen molar-refractivity contribution < 1.29 is 23.4 Å². The lowest BCUT2D eigenvalue weighted by molar-refractivity contribution is 0.0686. The second-order valence-corrected chi connectivity index (χ2v) is 7.14. The SMILES string of the molecule is CCN1CCC([C@H]2C[C@H]2CCOc2cc(F)c(C(=O)O)c(F)c2)CC1. The van der Waals surface area contributed by atoms with Crippen molar-refractivity contribution >= 4 is 5.97 Å².